The van der Waals surface area contributed by atoms with E-state index in [2.05, 4.69) is 9.89 Å². The highest BCUT2D eigenvalue weighted by Crippen LogP contribution is 2.29. The van der Waals surface area contributed by atoms with Gasteiger partial charge in [-0.15, -0.1) is 0 Å². The number of carbonyl (C=O) groups is 1. The number of rotatable bonds is 2. The Morgan fingerprint density at radius 1 is 0.947 bits per heavy atom. The van der Waals surface area contributed by atoms with Crippen LogP contribution < -0.4 is 4.90 Å². The number of aliphatic imine (C=N–C) groups is 1. The average molecular weight is 250 g/mol. The van der Waals surface area contributed by atoms with Crippen molar-refractivity contribution < 1.29 is 4.79 Å². The molecule has 3 heteroatoms. The van der Waals surface area contributed by atoms with Gasteiger partial charge in [0.15, 0.2) is 0 Å². The number of para-hydroxylation sites is 1. The highest BCUT2D eigenvalue weighted by molar-refractivity contribution is 5.96. The fourth-order valence-electron chi connectivity index (χ4n) is 2.36. The van der Waals surface area contributed by atoms with E-state index in [4.69, 9.17) is 0 Å². The van der Waals surface area contributed by atoms with Gasteiger partial charge in [-0.3, -0.25) is 4.79 Å². The SMILES string of the molecule is O=C1N=CCN(c2ccccc2)C1c1ccccc1. The second-order valence-electron chi connectivity index (χ2n) is 4.45. The fraction of sp³-hybridized carbons (Fsp3) is 0.125. The van der Waals surface area contributed by atoms with Crippen molar-refractivity contribution in [1.29, 1.82) is 0 Å². The highest BCUT2D eigenvalue weighted by atomic mass is 16.1. The van der Waals surface area contributed by atoms with E-state index in [1.807, 2.05) is 60.7 Å². The van der Waals surface area contributed by atoms with Crippen LogP contribution >= 0.6 is 0 Å². The monoisotopic (exact) mass is 250 g/mol. The largest absolute Gasteiger partial charge is 0.350 e. The third kappa shape index (κ3) is 2.27. The van der Waals surface area contributed by atoms with Crippen LogP contribution in [0.25, 0.3) is 0 Å². The lowest BCUT2D eigenvalue weighted by atomic mass is 10.0. The smallest absolute Gasteiger partial charge is 0.272 e. The molecule has 1 unspecified atom stereocenters. The van der Waals surface area contributed by atoms with Crippen LogP contribution in [0.1, 0.15) is 11.6 Å². The highest BCUT2D eigenvalue weighted by Gasteiger charge is 2.29. The van der Waals surface area contributed by atoms with E-state index in [1.165, 1.54) is 0 Å². The lowest BCUT2D eigenvalue weighted by Crippen LogP contribution is -2.38. The Balaban J connectivity index is 2.03. The zero-order chi connectivity index (χ0) is 13.1. The maximum Gasteiger partial charge on any atom is 0.272 e. The zero-order valence-electron chi connectivity index (χ0n) is 10.4. The maximum atomic E-state index is 12.1. The molecular formula is C16H14N2O. The molecule has 19 heavy (non-hydrogen) atoms. The number of hydrogen-bond acceptors (Lipinski definition) is 2. The number of anilines is 1. The van der Waals surface area contributed by atoms with Crippen LogP contribution in [-0.2, 0) is 4.79 Å². The van der Waals surface area contributed by atoms with Crippen LogP contribution in [-0.4, -0.2) is 18.7 Å². The van der Waals surface area contributed by atoms with E-state index in [-0.39, 0.29) is 11.9 Å². The summed E-state index contributed by atoms with van der Waals surface area (Å²) < 4.78 is 0. The van der Waals surface area contributed by atoms with E-state index in [0.717, 1.165) is 11.3 Å². The van der Waals surface area contributed by atoms with Crippen molar-refractivity contribution in [2.75, 3.05) is 11.4 Å². The van der Waals surface area contributed by atoms with Crippen molar-refractivity contribution in [3.63, 3.8) is 0 Å². The van der Waals surface area contributed by atoms with Crippen LogP contribution in [0.15, 0.2) is 65.7 Å². The fourth-order valence-corrected chi connectivity index (χ4v) is 2.36. The van der Waals surface area contributed by atoms with Gasteiger partial charge in [0, 0.05) is 11.9 Å². The molecule has 2 aromatic rings. The first-order valence-electron chi connectivity index (χ1n) is 6.29. The molecule has 1 heterocycles. The molecule has 1 aliphatic heterocycles. The third-order valence-corrected chi connectivity index (χ3v) is 3.25. The molecule has 0 fully saturated rings. The Kier molecular flexibility index (Phi) is 3.11. The topological polar surface area (TPSA) is 32.7 Å². The molecule has 1 amide bonds. The molecule has 0 aromatic heterocycles. The Labute approximate surface area is 112 Å². The maximum absolute atomic E-state index is 12.1. The Morgan fingerprint density at radius 3 is 2.26 bits per heavy atom. The molecule has 0 spiro atoms. The van der Waals surface area contributed by atoms with E-state index in [9.17, 15) is 4.79 Å². The van der Waals surface area contributed by atoms with Crippen molar-refractivity contribution in [3.8, 4) is 0 Å². The number of amides is 1. The molecule has 2 aromatic carbocycles. The van der Waals surface area contributed by atoms with Gasteiger partial charge in [0.05, 0.1) is 6.54 Å². The molecule has 1 atom stereocenters. The minimum absolute atomic E-state index is 0.110. The van der Waals surface area contributed by atoms with Gasteiger partial charge >= 0.3 is 0 Å². The summed E-state index contributed by atoms with van der Waals surface area (Å²) in [7, 11) is 0. The second kappa shape index (κ2) is 5.06. The van der Waals surface area contributed by atoms with E-state index >= 15 is 0 Å². The number of carbonyl (C=O) groups excluding carboxylic acids is 1. The van der Waals surface area contributed by atoms with Crippen molar-refractivity contribution in [3.05, 3.63) is 66.2 Å². The second-order valence-corrected chi connectivity index (χ2v) is 4.45. The van der Waals surface area contributed by atoms with Crippen LogP contribution in [0.3, 0.4) is 0 Å². The molecule has 0 saturated heterocycles. The van der Waals surface area contributed by atoms with Crippen LogP contribution in [0, 0.1) is 0 Å². The number of nitrogens with zero attached hydrogens (tertiary/aromatic N) is 2. The molecule has 3 nitrogen and oxygen atoms in total. The molecule has 94 valence electrons. The molecule has 0 bridgehead atoms. The van der Waals surface area contributed by atoms with E-state index < -0.39 is 0 Å². The molecule has 0 saturated carbocycles. The average Bonchev–Trinajstić information content (AvgIpc) is 2.49. The summed E-state index contributed by atoms with van der Waals surface area (Å²) in [5.74, 6) is -0.110. The molecule has 1 aliphatic rings. The summed E-state index contributed by atoms with van der Waals surface area (Å²) in [4.78, 5) is 18.2. The van der Waals surface area contributed by atoms with Crippen LogP contribution in [0.4, 0.5) is 5.69 Å². The summed E-state index contributed by atoms with van der Waals surface area (Å²) in [6.07, 6.45) is 1.68. The Hall–Kier alpha value is -2.42. The first kappa shape index (κ1) is 11.7. The summed E-state index contributed by atoms with van der Waals surface area (Å²) in [5.41, 5.74) is 2.02. The van der Waals surface area contributed by atoms with Crippen molar-refractivity contribution in [1.82, 2.24) is 0 Å². The third-order valence-electron chi connectivity index (χ3n) is 3.25. The first-order chi connectivity index (χ1) is 9.36. The minimum Gasteiger partial charge on any atom is -0.350 e. The van der Waals surface area contributed by atoms with Gasteiger partial charge in [-0.2, -0.15) is 0 Å². The van der Waals surface area contributed by atoms with Crippen molar-refractivity contribution in [2.45, 2.75) is 6.04 Å². The molecule has 0 radical (unpaired) electrons. The summed E-state index contributed by atoms with van der Waals surface area (Å²) >= 11 is 0. The van der Waals surface area contributed by atoms with Gasteiger partial charge in [0.1, 0.15) is 6.04 Å². The number of benzene rings is 2. The van der Waals surface area contributed by atoms with E-state index in [1.54, 1.807) is 6.21 Å². The molecule has 0 N–H and O–H groups in total. The zero-order valence-corrected chi connectivity index (χ0v) is 10.4. The van der Waals surface area contributed by atoms with Gasteiger partial charge in [-0.1, -0.05) is 48.5 Å². The van der Waals surface area contributed by atoms with Crippen LogP contribution in [0.2, 0.25) is 0 Å². The summed E-state index contributed by atoms with van der Waals surface area (Å²) in [6, 6.07) is 19.4. The Morgan fingerprint density at radius 2 is 1.58 bits per heavy atom. The summed E-state index contributed by atoms with van der Waals surface area (Å²) in [6.45, 7) is 0.648. The molecule has 0 aliphatic carbocycles. The lowest BCUT2D eigenvalue weighted by molar-refractivity contribution is -0.119. The minimum atomic E-state index is -0.325. The van der Waals surface area contributed by atoms with Gasteiger partial charge in [0.25, 0.3) is 5.91 Å². The predicted octanol–water partition coefficient (Wildman–Crippen LogP) is 2.85. The molecular weight excluding hydrogens is 236 g/mol. The van der Waals surface area contributed by atoms with Crippen molar-refractivity contribution in [2.24, 2.45) is 4.99 Å². The van der Waals surface area contributed by atoms with Crippen LogP contribution in [0.5, 0.6) is 0 Å². The van der Waals surface area contributed by atoms with Gasteiger partial charge in [-0.05, 0) is 17.7 Å². The predicted molar refractivity (Wildman–Crippen MR) is 76.5 cm³/mol. The van der Waals surface area contributed by atoms with Gasteiger partial charge in [-0.25, -0.2) is 4.99 Å². The number of hydrogen-bond donors (Lipinski definition) is 0. The van der Waals surface area contributed by atoms with Gasteiger partial charge < -0.3 is 4.90 Å². The van der Waals surface area contributed by atoms with Crippen molar-refractivity contribution >= 4 is 17.8 Å². The Bertz CT molecular complexity index is 593. The quantitative estimate of drug-likeness (QED) is 0.821. The van der Waals surface area contributed by atoms with E-state index in [0.29, 0.717) is 6.54 Å². The summed E-state index contributed by atoms with van der Waals surface area (Å²) in [5, 5.41) is 0. The standard InChI is InChI=1S/C16H14N2O/c19-16-15(13-7-3-1-4-8-13)18(12-11-17-16)14-9-5-2-6-10-14/h1-11,15H,12H2. The molecule has 3 rings (SSSR count). The van der Waals surface area contributed by atoms with Gasteiger partial charge in [0.2, 0.25) is 0 Å². The first-order valence-corrected chi connectivity index (χ1v) is 6.29. The normalized spacial score (nSPS) is 18.6. The lowest BCUT2D eigenvalue weighted by Gasteiger charge is -2.33.